The van der Waals surface area contributed by atoms with E-state index in [1.165, 1.54) is 0 Å². The third-order valence-electron chi connectivity index (χ3n) is 9.96. The highest BCUT2D eigenvalue weighted by atomic mass is 16.5. The van der Waals surface area contributed by atoms with Crippen molar-refractivity contribution in [2.24, 2.45) is 15.7 Å². The van der Waals surface area contributed by atoms with Gasteiger partial charge in [-0.2, -0.15) is 0 Å². The Hall–Kier alpha value is -7.12. The normalized spacial score (nSPS) is 12.2. The summed E-state index contributed by atoms with van der Waals surface area (Å²) in [5.74, 6) is 2.15. The number of ether oxygens (including phenoxy) is 2. The molecule has 1 aromatic heterocycles. The zero-order valence-electron chi connectivity index (χ0n) is 31.6. The number of allylic oxidation sites excluding steroid dienone is 1. The van der Waals surface area contributed by atoms with Crippen molar-refractivity contribution in [2.45, 2.75) is 17.5 Å². The van der Waals surface area contributed by atoms with Crippen LogP contribution in [0.15, 0.2) is 205 Å². The molecule has 7 heteroatoms. The molecule has 0 fully saturated rings. The number of hydrogen-bond donors (Lipinski definition) is 3. The van der Waals surface area contributed by atoms with Gasteiger partial charge in [0.1, 0.15) is 22.6 Å². The van der Waals surface area contributed by atoms with Gasteiger partial charge in [-0.05, 0) is 69.8 Å². The number of aromatic amines is 1. The topological polar surface area (TPSA) is 97.0 Å². The predicted molar refractivity (Wildman–Crippen MR) is 228 cm³/mol. The summed E-state index contributed by atoms with van der Waals surface area (Å²) in [5.41, 5.74) is 12.5. The van der Waals surface area contributed by atoms with E-state index >= 15 is 0 Å². The number of H-pyrrole nitrogens is 1. The quantitative estimate of drug-likeness (QED) is 0.0476. The largest absolute Gasteiger partial charge is 0.497 e. The molecule has 0 amide bonds. The smallest absolute Gasteiger partial charge is 0.195 e. The fraction of sp³-hybridized carbons (Fsp3) is 0.102. The Morgan fingerprint density at radius 2 is 0.929 bits per heavy atom. The standard InChI is InChI=1S/C49H45N5O2/c1-4-17-42-30-35-45(51-42)46(53-48(36-18-9-5-10-19-36,37-20-11-6-12-21-37)40-26-31-43(55-2)32-27-40)52-47(50)54-49(38-22-13-7-14-23-38,39-24-15-8-16-25-39)41-28-33-44(56-3)34-29-41/h4-16,18-35,51H,1,17H2,2-3H3,(H3,50,52,53,54). The molecule has 0 unspecified atom stereocenters. The van der Waals surface area contributed by atoms with E-state index in [-0.39, 0.29) is 5.96 Å². The van der Waals surface area contributed by atoms with Crippen molar-refractivity contribution >= 4 is 11.8 Å². The summed E-state index contributed by atoms with van der Waals surface area (Å²) in [5, 5.41) is 3.53. The first kappa shape index (κ1) is 37.2. The maximum absolute atomic E-state index is 7.19. The van der Waals surface area contributed by atoms with Gasteiger partial charge in [0.2, 0.25) is 0 Å². The number of aliphatic imine (C=N–C) groups is 2. The molecule has 0 radical (unpaired) electrons. The highest BCUT2D eigenvalue weighted by molar-refractivity contribution is 6.08. The van der Waals surface area contributed by atoms with Gasteiger partial charge in [-0.3, -0.25) is 0 Å². The fourth-order valence-corrected chi connectivity index (χ4v) is 7.28. The monoisotopic (exact) mass is 735 g/mol. The van der Waals surface area contributed by atoms with Gasteiger partial charge in [-0.25, -0.2) is 9.98 Å². The average Bonchev–Trinajstić information content (AvgIpc) is 3.74. The van der Waals surface area contributed by atoms with E-state index in [4.69, 9.17) is 25.2 Å². The maximum atomic E-state index is 7.19. The zero-order chi connectivity index (χ0) is 38.8. The lowest BCUT2D eigenvalue weighted by atomic mass is 9.77. The fourth-order valence-electron chi connectivity index (χ4n) is 7.28. The van der Waals surface area contributed by atoms with Crippen molar-refractivity contribution in [3.63, 3.8) is 0 Å². The molecule has 7 rings (SSSR count). The van der Waals surface area contributed by atoms with Crippen LogP contribution in [0, 0.1) is 0 Å². The van der Waals surface area contributed by atoms with E-state index in [9.17, 15) is 0 Å². The number of nitrogens with zero attached hydrogens (tertiary/aromatic N) is 2. The van der Waals surface area contributed by atoms with Crippen LogP contribution in [0.5, 0.6) is 11.5 Å². The average molecular weight is 736 g/mol. The molecule has 7 aromatic rings. The van der Waals surface area contributed by atoms with Gasteiger partial charge in [0.15, 0.2) is 11.8 Å². The molecule has 4 N–H and O–H groups in total. The summed E-state index contributed by atoms with van der Waals surface area (Å²) < 4.78 is 11.1. The SMILES string of the molecule is C=CCc1ccc(C(=NC(c2ccccc2)(c2ccccc2)c2ccc(OC)cc2)NC(N)=NC(c2ccccc2)(c2ccccc2)c2ccc(OC)cc2)[nH]1. The second kappa shape index (κ2) is 16.9. The number of nitrogens with one attached hydrogen (secondary N) is 2. The van der Waals surface area contributed by atoms with Crippen LogP contribution in [0.3, 0.4) is 0 Å². The van der Waals surface area contributed by atoms with Gasteiger partial charge in [0.25, 0.3) is 0 Å². The highest BCUT2D eigenvalue weighted by Gasteiger charge is 2.39. The lowest BCUT2D eigenvalue weighted by Gasteiger charge is -2.34. The highest BCUT2D eigenvalue weighted by Crippen LogP contribution is 2.43. The third kappa shape index (κ3) is 7.48. The molecule has 1 heterocycles. The van der Waals surface area contributed by atoms with Crippen LogP contribution >= 0.6 is 0 Å². The number of aromatic nitrogens is 1. The lowest BCUT2D eigenvalue weighted by molar-refractivity contribution is 0.414. The molecule has 6 aromatic carbocycles. The van der Waals surface area contributed by atoms with Crippen LogP contribution in [-0.2, 0) is 17.5 Å². The minimum Gasteiger partial charge on any atom is -0.497 e. The van der Waals surface area contributed by atoms with Gasteiger partial charge in [-0.1, -0.05) is 152 Å². The van der Waals surface area contributed by atoms with Crippen LogP contribution < -0.4 is 20.5 Å². The molecule has 0 atom stereocenters. The molecule has 7 nitrogen and oxygen atoms in total. The van der Waals surface area contributed by atoms with Crippen molar-refractivity contribution < 1.29 is 9.47 Å². The van der Waals surface area contributed by atoms with Crippen LogP contribution in [-0.4, -0.2) is 31.0 Å². The van der Waals surface area contributed by atoms with Crippen LogP contribution in [0.4, 0.5) is 0 Å². The van der Waals surface area contributed by atoms with E-state index in [1.807, 2.05) is 127 Å². The summed E-state index contributed by atoms with van der Waals surface area (Å²) in [6.07, 6.45) is 2.52. The van der Waals surface area contributed by atoms with Crippen LogP contribution in [0.1, 0.15) is 44.8 Å². The Morgan fingerprint density at radius 1 is 0.554 bits per heavy atom. The van der Waals surface area contributed by atoms with Gasteiger partial charge in [0, 0.05) is 12.1 Å². The first-order valence-corrected chi connectivity index (χ1v) is 18.5. The molecule has 0 aliphatic carbocycles. The second-order valence-corrected chi connectivity index (χ2v) is 13.3. The molecule has 0 saturated heterocycles. The van der Waals surface area contributed by atoms with E-state index in [1.54, 1.807) is 14.2 Å². The first-order chi connectivity index (χ1) is 27.5. The summed E-state index contributed by atoms with van der Waals surface area (Å²) in [4.78, 5) is 14.8. The van der Waals surface area contributed by atoms with Gasteiger partial charge in [0.05, 0.1) is 19.9 Å². The molecule has 0 aliphatic heterocycles. The second-order valence-electron chi connectivity index (χ2n) is 13.3. The maximum Gasteiger partial charge on any atom is 0.195 e. The minimum atomic E-state index is -1.05. The Labute approximate surface area is 328 Å². The summed E-state index contributed by atoms with van der Waals surface area (Å²) in [6.45, 7) is 3.97. The van der Waals surface area contributed by atoms with Crippen molar-refractivity contribution in [2.75, 3.05) is 14.2 Å². The molecule has 0 saturated carbocycles. The van der Waals surface area contributed by atoms with E-state index < -0.39 is 11.1 Å². The van der Waals surface area contributed by atoms with Crippen molar-refractivity contribution in [1.29, 1.82) is 0 Å². The summed E-state index contributed by atoms with van der Waals surface area (Å²) >= 11 is 0. The Kier molecular flexibility index (Phi) is 11.2. The van der Waals surface area contributed by atoms with Gasteiger partial charge >= 0.3 is 0 Å². The lowest BCUT2D eigenvalue weighted by Crippen LogP contribution is -2.43. The molecule has 0 aliphatic rings. The Morgan fingerprint density at radius 3 is 1.30 bits per heavy atom. The third-order valence-corrected chi connectivity index (χ3v) is 9.96. The molecular formula is C49H45N5O2. The Balaban J connectivity index is 1.50. The van der Waals surface area contributed by atoms with Crippen molar-refractivity contribution in [1.82, 2.24) is 10.3 Å². The van der Waals surface area contributed by atoms with E-state index in [2.05, 4.69) is 77.5 Å². The van der Waals surface area contributed by atoms with Crippen molar-refractivity contribution in [3.8, 4) is 11.5 Å². The molecule has 0 spiro atoms. The number of benzene rings is 6. The Bertz CT molecular complexity index is 2310. The zero-order valence-corrected chi connectivity index (χ0v) is 31.6. The summed E-state index contributed by atoms with van der Waals surface area (Å²) in [6, 6.07) is 61.1. The molecule has 56 heavy (non-hydrogen) atoms. The van der Waals surface area contributed by atoms with Gasteiger partial charge < -0.3 is 25.5 Å². The number of rotatable bonds is 13. The molecule has 278 valence electrons. The predicted octanol–water partition coefficient (Wildman–Crippen LogP) is 9.40. The van der Waals surface area contributed by atoms with Crippen LogP contribution in [0.25, 0.3) is 0 Å². The number of nitrogens with two attached hydrogens (primary N) is 1. The molecule has 0 bridgehead atoms. The molecular weight excluding hydrogens is 691 g/mol. The van der Waals surface area contributed by atoms with Crippen LogP contribution in [0.2, 0.25) is 0 Å². The number of hydrogen-bond acceptors (Lipinski definition) is 4. The van der Waals surface area contributed by atoms with E-state index in [0.717, 1.165) is 56.3 Å². The summed E-state index contributed by atoms with van der Waals surface area (Å²) in [7, 11) is 3.33. The van der Waals surface area contributed by atoms with Crippen molar-refractivity contribution in [3.05, 3.63) is 239 Å². The minimum absolute atomic E-state index is 0.164. The van der Waals surface area contributed by atoms with E-state index in [0.29, 0.717) is 12.3 Å². The number of amidine groups is 1. The number of methoxy groups -OCH3 is 2. The number of guanidine groups is 1. The van der Waals surface area contributed by atoms with Gasteiger partial charge in [-0.15, -0.1) is 6.58 Å². The first-order valence-electron chi connectivity index (χ1n) is 18.5.